The van der Waals surface area contributed by atoms with Crippen molar-refractivity contribution in [2.45, 2.75) is 53.6 Å². The summed E-state index contributed by atoms with van der Waals surface area (Å²) in [5.41, 5.74) is 5.08. The number of amides is 1. The van der Waals surface area contributed by atoms with E-state index in [2.05, 4.69) is 35.2 Å². The van der Waals surface area contributed by atoms with Crippen LogP contribution in [0.15, 0.2) is 53.4 Å². The number of fused-ring (bicyclic) bond motifs is 1. The van der Waals surface area contributed by atoms with Crippen LogP contribution in [0.3, 0.4) is 0 Å². The number of ether oxygens (including phenoxy) is 1. The second-order valence-corrected chi connectivity index (χ2v) is 8.25. The highest BCUT2D eigenvalue weighted by Gasteiger charge is 2.26. The molecule has 0 saturated carbocycles. The summed E-state index contributed by atoms with van der Waals surface area (Å²) >= 11 is 0. The number of hydrogen-bond acceptors (Lipinski definition) is 5. The summed E-state index contributed by atoms with van der Waals surface area (Å²) in [5, 5.41) is 15.2. The summed E-state index contributed by atoms with van der Waals surface area (Å²) in [6, 6.07) is 3.84. The van der Waals surface area contributed by atoms with Crippen LogP contribution in [0.25, 0.3) is 16.3 Å². The summed E-state index contributed by atoms with van der Waals surface area (Å²) in [4.78, 5) is 21.2. The molecule has 2 N–H and O–H groups in total. The van der Waals surface area contributed by atoms with Gasteiger partial charge in [-0.15, -0.1) is 0 Å². The minimum absolute atomic E-state index is 0.0647. The molecule has 3 heterocycles. The highest BCUT2D eigenvalue weighted by atomic mass is 16.5. The number of aliphatic hydroxyl groups is 1. The van der Waals surface area contributed by atoms with Gasteiger partial charge in [-0.2, -0.15) is 0 Å². The number of pyridine rings is 2. The zero-order chi connectivity index (χ0) is 23.3. The standard InChI is InChI=1S/C26H33N3O3/c1-6-16(4)22(24(30)8-3)9-17(5)21(7-2)23-10-18-13-28-25(11-19(18)12-27-23)29-26(31)20-14-32-15-20/h7,9-13,20,24,30H,6,8,14-15H2,1-5H3,(H,28,29,31)/b17-9-,21-7+,22-16-. The molecule has 1 aliphatic rings. The monoisotopic (exact) mass is 435 g/mol. The number of aromatic nitrogens is 2. The third kappa shape index (κ3) is 5.31. The van der Waals surface area contributed by atoms with Gasteiger partial charge < -0.3 is 15.2 Å². The number of rotatable bonds is 8. The molecule has 0 spiro atoms. The maximum Gasteiger partial charge on any atom is 0.233 e. The number of aliphatic hydroxyl groups excluding tert-OH is 1. The van der Waals surface area contributed by atoms with Gasteiger partial charge in [-0.3, -0.25) is 9.78 Å². The Morgan fingerprint density at radius 2 is 1.91 bits per heavy atom. The third-order valence-corrected chi connectivity index (χ3v) is 5.99. The average molecular weight is 436 g/mol. The van der Waals surface area contributed by atoms with Crippen molar-refractivity contribution in [3.05, 3.63) is 59.1 Å². The number of allylic oxidation sites excluding steroid dienone is 4. The molecule has 170 valence electrons. The smallest absolute Gasteiger partial charge is 0.233 e. The molecule has 0 aliphatic carbocycles. The Balaban J connectivity index is 1.88. The molecule has 1 fully saturated rings. The number of carbonyl (C=O) groups is 1. The lowest BCUT2D eigenvalue weighted by Crippen LogP contribution is -2.38. The van der Waals surface area contributed by atoms with E-state index in [9.17, 15) is 9.90 Å². The molecule has 3 rings (SSSR count). The maximum atomic E-state index is 12.1. The van der Waals surface area contributed by atoms with Crippen LogP contribution < -0.4 is 5.32 Å². The molecular weight excluding hydrogens is 402 g/mol. The van der Waals surface area contributed by atoms with E-state index in [0.29, 0.717) is 25.5 Å². The molecule has 2 aromatic rings. The van der Waals surface area contributed by atoms with E-state index >= 15 is 0 Å². The number of anilines is 1. The fraction of sp³-hybridized carbons (Fsp3) is 0.423. The predicted octanol–water partition coefficient (Wildman–Crippen LogP) is 5.06. The Morgan fingerprint density at radius 1 is 1.22 bits per heavy atom. The zero-order valence-electron chi connectivity index (χ0n) is 19.6. The Bertz CT molecular complexity index is 1080. The van der Waals surface area contributed by atoms with E-state index in [4.69, 9.17) is 4.74 Å². The van der Waals surface area contributed by atoms with Gasteiger partial charge in [0.15, 0.2) is 0 Å². The highest BCUT2D eigenvalue weighted by Crippen LogP contribution is 2.28. The van der Waals surface area contributed by atoms with Gasteiger partial charge in [0.1, 0.15) is 5.82 Å². The minimum atomic E-state index is -0.475. The predicted molar refractivity (Wildman–Crippen MR) is 129 cm³/mol. The van der Waals surface area contributed by atoms with E-state index in [1.54, 1.807) is 12.4 Å². The van der Waals surface area contributed by atoms with Gasteiger partial charge in [0.05, 0.1) is 30.9 Å². The van der Waals surface area contributed by atoms with Crippen molar-refractivity contribution >= 4 is 28.1 Å². The Morgan fingerprint density at radius 3 is 2.50 bits per heavy atom. The third-order valence-electron chi connectivity index (χ3n) is 5.99. The van der Waals surface area contributed by atoms with Crippen LogP contribution in [-0.2, 0) is 9.53 Å². The van der Waals surface area contributed by atoms with Crippen molar-refractivity contribution < 1.29 is 14.6 Å². The topological polar surface area (TPSA) is 84.3 Å². The largest absolute Gasteiger partial charge is 0.388 e. The van der Waals surface area contributed by atoms with Crippen molar-refractivity contribution in [3.8, 4) is 0 Å². The normalized spacial score (nSPS) is 17.1. The fourth-order valence-corrected chi connectivity index (χ4v) is 3.69. The summed E-state index contributed by atoms with van der Waals surface area (Å²) in [5.74, 6) is 0.358. The van der Waals surface area contributed by atoms with Gasteiger partial charge >= 0.3 is 0 Å². The second kappa shape index (κ2) is 10.7. The number of hydrogen-bond donors (Lipinski definition) is 2. The van der Waals surface area contributed by atoms with Crippen LogP contribution in [0.1, 0.15) is 53.2 Å². The molecule has 1 aliphatic heterocycles. The highest BCUT2D eigenvalue weighted by molar-refractivity contribution is 5.95. The van der Waals surface area contributed by atoms with Gasteiger partial charge in [-0.05, 0) is 62.5 Å². The van der Waals surface area contributed by atoms with Crippen LogP contribution in [0.4, 0.5) is 5.82 Å². The van der Waals surface area contributed by atoms with Crippen molar-refractivity contribution in [1.82, 2.24) is 9.97 Å². The molecular formula is C26H33N3O3. The molecule has 6 nitrogen and oxygen atoms in total. The first-order chi connectivity index (χ1) is 15.4. The zero-order valence-corrected chi connectivity index (χ0v) is 19.6. The van der Waals surface area contributed by atoms with Crippen LogP contribution in [-0.4, -0.2) is 40.3 Å². The van der Waals surface area contributed by atoms with Crippen LogP contribution in [0.5, 0.6) is 0 Å². The van der Waals surface area contributed by atoms with E-state index in [1.807, 2.05) is 39.0 Å². The van der Waals surface area contributed by atoms with Crippen molar-refractivity contribution in [2.75, 3.05) is 18.5 Å². The fourth-order valence-electron chi connectivity index (χ4n) is 3.69. The van der Waals surface area contributed by atoms with Gasteiger partial charge in [-0.1, -0.05) is 31.6 Å². The SMILES string of the molecule is C\C=C(/C(C)=C\C(=C(/C)CC)C(O)CC)c1cc2cnc(NC(=O)C3COC3)cc2cn1. The molecule has 32 heavy (non-hydrogen) atoms. The van der Waals surface area contributed by atoms with E-state index in [0.717, 1.165) is 39.6 Å². The van der Waals surface area contributed by atoms with Crippen molar-refractivity contribution in [2.24, 2.45) is 5.92 Å². The molecule has 1 saturated heterocycles. The van der Waals surface area contributed by atoms with E-state index in [1.165, 1.54) is 5.57 Å². The van der Waals surface area contributed by atoms with Crippen LogP contribution in [0.2, 0.25) is 0 Å². The first-order valence-corrected chi connectivity index (χ1v) is 11.2. The quantitative estimate of drug-likeness (QED) is 0.566. The molecule has 0 bridgehead atoms. The maximum absolute atomic E-state index is 12.1. The van der Waals surface area contributed by atoms with Gasteiger partial charge in [0, 0.05) is 23.2 Å². The summed E-state index contributed by atoms with van der Waals surface area (Å²) < 4.78 is 5.07. The van der Waals surface area contributed by atoms with Crippen LogP contribution >= 0.6 is 0 Å². The first-order valence-electron chi connectivity index (χ1n) is 11.2. The Labute approximate surface area is 190 Å². The van der Waals surface area contributed by atoms with E-state index < -0.39 is 6.10 Å². The lowest BCUT2D eigenvalue weighted by molar-refractivity contribution is -0.133. The molecule has 1 atom stereocenters. The van der Waals surface area contributed by atoms with Gasteiger partial charge in [0.2, 0.25) is 5.91 Å². The van der Waals surface area contributed by atoms with Gasteiger partial charge in [-0.25, -0.2) is 4.98 Å². The van der Waals surface area contributed by atoms with Crippen molar-refractivity contribution in [1.29, 1.82) is 0 Å². The lowest BCUT2D eigenvalue weighted by atomic mass is 9.94. The minimum Gasteiger partial charge on any atom is -0.388 e. The number of carbonyl (C=O) groups excluding carboxylic acids is 1. The lowest BCUT2D eigenvalue weighted by Gasteiger charge is -2.24. The molecule has 0 aromatic carbocycles. The average Bonchev–Trinajstić information content (AvgIpc) is 2.75. The molecule has 2 aromatic heterocycles. The summed E-state index contributed by atoms with van der Waals surface area (Å²) in [7, 11) is 0. The van der Waals surface area contributed by atoms with Gasteiger partial charge in [0.25, 0.3) is 0 Å². The van der Waals surface area contributed by atoms with E-state index in [-0.39, 0.29) is 11.8 Å². The Hall–Kier alpha value is -2.83. The molecule has 0 radical (unpaired) electrons. The van der Waals surface area contributed by atoms with Crippen molar-refractivity contribution in [3.63, 3.8) is 0 Å². The molecule has 1 amide bonds. The second-order valence-electron chi connectivity index (χ2n) is 8.25. The summed E-state index contributed by atoms with van der Waals surface area (Å²) in [6.07, 6.45) is 8.78. The van der Waals surface area contributed by atoms with Crippen LogP contribution in [0, 0.1) is 5.92 Å². The Kier molecular flexibility index (Phi) is 7.94. The summed E-state index contributed by atoms with van der Waals surface area (Å²) in [6.45, 7) is 11.1. The number of nitrogens with zero attached hydrogens (tertiary/aromatic N) is 2. The molecule has 1 unspecified atom stereocenters. The number of nitrogens with one attached hydrogen (secondary N) is 1. The first kappa shape index (κ1) is 23.8. The molecule has 6 heteroatoms.